The molecule has 2 saturated heterocycles. The maximum atomic E-state index is 12.6. The summed E-state index contributed by atoms with van der Waals surface area (Å²) >= 11 is 0. The van der Waals surface area contributed by atoms with Gasteiger partial charge < -0.3 is 14.6 Å². The summed E-state index contributed by atoms with van der Waals surface area (Å²) < 4.78 is 6.05. The first-order chi connectivity index (χ1) is 16.1. The molecule has 2 aliphatic heterocycles. The van der Waals surface area contributed by atoms with Crippen molar-refractivity contribution in [1.29, 1.82) is 0 Å². The highest BCUT2D eigenvalue weighted by Gasteiger charge is 2.47. The van der Waals surface area contributed by atoms with Crippen LogP contribution in [0.3, 0.4) is 0 Å². The summed E-state index contributed by atoms with van der Waals surface area (Å²) in [5.41, 5.74) is 2.54. The van der Waals surface area contributed by atoms with Gasteiger partial charge in [0.05, 0.1) is 18.4 Å². The lowest BCUT2D eigenvalue weighted by atomic mass is 9.81. The Bertz CT molecular complexity index is 976. The van der Waals surface area contributed by atoms with Crippen molar-refractivity contribution in [2.45, 2.75) is 70.3 Å². The predicted molar refractivity (Wildman–Crippen MR) is 129 cm³/mol. The molecule has 3 heterocycles. The number of benzene rings is 1. The molecule has 6 nitrogen and oxygen atoms in total. The molecule has 1 aliphatic carbocycles. The second-order valence-corrected chi connectivity index (χ2v) is 10.2. The summed E-state index contributed by atoms with van der Waals surface area (Å²) in [5, 5.41) is 1.26. The number of likely N-dealkylation sites (N-methyl/N-ethyl adjacent to an activating group) is 1. The molecule has 3 atom stereocenters. The number of amides is 2. The molecular formula is C27H37N3O3. The molecule has 0 bridgehead atoms. The summed E-state index contributed by atoms with van der Waals surface area (Å²) in [6.45, 7) is 2.42. The third-order valence-electron chi connectivity index (χ3n) is 8.09. The predicted octanol–water partition coefficient (Wildman–Crippen LogP) is 4.53. The molecule has 0 spiro atoms. The minimum atomic E-state index is -0.0307. The Balaban J connectivity index is 1.07. The molecule has 3 fully saturated rings. The number of hydrogen-bond acceptors (Lipinski definition) is 4. The van der Waals surface area contributed by atoms with Gasteiger partial charge in [0.25, 0.3) is 0 Å². The number of unbranched alkanes of at least 4 members (excludes halogenated alkanes) is 2. The molecule has 1 N–H and O–H groups in total. The highest BCUT2D eigenvalue weighted by molar-refractivity contribution is 6.05. The van der Waals surface area contributed by atoms with Gasteiger partial charge in [0.15, 0.2) is 0 Å². The van der Waals surface area contributed by atoms with E-state index in [1.807, 2.05) is 6.07 Å². The number of carbonyl (C=O) groups is 2. The molecule has 2 aromatic rings. The van der Waals surface area contributed by atoms with E-state index in [-0.39, 0.29) is 23.7 Å². The monoisotopic (exact) mass is 451 g/mol. The Morgan fingerprint density at radius 2 is 1.79 bits per heavy atom. The van der Waals surface area contributed by atoms with E-state index >= 15 is 0 Å². The third-order valence-corrected chi connectivity index (χ3v) is 8.09. The van der Waals surface area contributed by atoms with Crippen LogP contribution in [-0.4, -0.2) is 59.4 Å². The van der Waals surface area contributed by atoms with Crippen LogP contribution in [0.2, 0.25) is 0 Å². The number of imide groups is 1. The van der Waals surface area contributed by atoms with Crippen molar-refractivity contribution in [3.63, 3.8) is 0 Å². The Morgan fingerprint density at radius 1 is 1.00 bits per heavy atom. The van der Waals surface area contributed by atoms with Gasteiger partial charge in [-0.05, 0) is 88.7 Å². The quantitative estimate of drug-likeness (QED) is 0.449. The number of nitrogens with zero attached hydrogens (tertiary/aromatic N) is 2. The van der Waals surface area contributed by atoms with Gasteiger partial charge in [-0.25, -0.2) is 0 Å². The van der Waals surface area contributed by atoms with Crippen molar-refractivity contribution in [2.24, 2.45) is 11.8 Å². The Morgan fingerprint density at radius 3 is 2.52 bits per heavy atom. The highest BCUT2D eigenvalue weighted by atomic mass is 16.5. The third kappa shape index (κ3) is 4.68. The number of fused-ring (bicyclic) bond motifs is 2. The van der Waals surface area contributed by atoms with Crippen molar-refractivity contribution in [2.75, 3.05) is 26.7 Å². The molecule has 5 rings (SSSR count). The number of aromatic amines is 1. The lowest BCUT2D eigenvalue weighted by Gasteiger charge is -2.19. The smallest absolute Gasteiger partial charge is 0.233 e. The second-order valence-electron chi connectivity index (χ2n) is 10.2. The second kappa shape index (κ2) is 9.88. The fourth-order valence-corrected chi connectivity index (χ4v) is 6.10. The van der Waals surface area contributed by atoms with Crippen molar-refractivity contribution in [3.8, 4) is 5.75 Å². The van der Waals surface area contributed by atoms with Crippen molar-refractivity contribution >= 4 is 22.7 Å². The molecule has 6 heteroatoms. The van der Waals surface area contributed by atoms with E-state index in [0.29, 0.717) is 19.2 Å². The number of hydrogen-bond donors (Lipinski definition) is 1. The van der Waals surface area contributed by atoms with Crippen LogP contribution in [-0.2, 0) is 16.0 Å². The van der Waals surface area contributed by atoms with Gasteiger partial charge in [-0.3, -0.25) is 14.5 Å². The standard InChI is InChI=1S/C27H37N3O3/c1-29-13-7-8-20(29)16-19-18-28-25-12-11-21(17-24(19)25)33-15-6-2-5-14-30-26(31)22-9-3-4-10-23(22)27(30)32/h11-12,17-18,20,22-23,28H,2-10,13-16H2,1H3. The average molecular weight is 452 g/mol. The number of rotatable bonds is 9. The summed E-state index contributed by atoms with van der Waals surface area (Å²) in [5.74, 6) is 1.02. The molecule has 1 saturated carbocycles. The zero-order valence-electron chi connectivity index (χ0n) is 19.9. The SMILES string of the molecule is CN1CCCC1Cc1c[nH]c2ccc(OCCCCCN3C(=O)C4CCCCC4C3=O)cc12. The van der Waals surface area contributed by atoms with Crippen LogP contribution in [0.25, 0.3) is 10.9 Å². The number of carbonyl (C=O) groups excluding carboxylic acids is 2. The molecule has 3 unspecified atom stereocenters. The van der Waals surface area contributed by atoms with Crippen LogP contribution in [0, 0.1) is 11.8 Å². The first-order valence-electron chi connectivity index (χ1n) is 12.9. The van der Waals surface area contributed by atoms with Gasteiger partial charge in [-0.2, -0.15) is 0 Å². The Kier molecular flexibility index (Phi) is 6.72. The van der Waals surface area contributed by atoms with Gasteiger partial charge >= 0.3 is 0 Å². The summed E-state index contributed by atoms with van der Waals surface area (Å²) in [7, 11) is 2.23. The molecule has 2 amide bonds. The average Bonchev–Trinajstić information content (AvgIpc) is 3.49. The topological polar surface area (TPSA) is 65.6 Å². The summed E-state index contributed by atoms with van der Waals surface area (Å²) in [4.78, 5) is 32.6. The largest absolute Gasteiger partial charge is 0.494 e. The van der Waals surface area contributed by atoms with Gasteiger partial charge in [0.2, 0.25) is 11.8 Å². The number of nitrogens with one attached hydrogen (secondary N) is 1. The zero-order chi connectivity index (χ0) is 22.8. The van der Waals surface area contributed by atoms with E-state index in [1.54, 1.807) is 4.90 Å². The van der Waals surface area contributed by atoms with E-state index in [0.717, 1.165) is 57.1 Å². The van der Waals surface area contributed by atoms with Crippen molar-refractivity contribution in [1.82, 2.24) is 14.8 Å². The van der Waals surface area contributed by atoms with Crippen molar-refractivity contribution in [3.05, 3.63) is 30.0 Å². The van der Waals surface area contributed by atoms with E-state index in [4.69, 9.17) is 4.74 Å². The zero-order valence-corrected chi connectivity index (χ0v) is 19.9. The minimum absolute atomic E-state index is 0.0307. The van der Waals surface area contributed by atoms with E-state index in [2.05, 4.69) is 35.3 Å². The molecule has 0 radical (unpaired) electrons. The first-order valence-corrected chi connectivity index (χ1v) is 12.9. The summed E-state index contributed by atoms with van der Waals surface area (Å²) in [6.07, 6.45) is 12.5. The number of H-pyrrole nitrogens is 1. The van der Waals surface area contributed by atoms with E-state index in [9.17, 15) is 9.59 Å². The Hall–Kier alpha value is -2.34. The van der Waals surface area contributed by atoms with Gasteiger partial charge in [-0.1, -0.05) is 12.8 Å². The number of aromatic nitrogens is 1. The normalized spacial score (nSPS) is 25.8. The number of likely N-dealkylation sites (tertiary alicyclic amines) is 2. The van der Waals surface area contributed by atoms with Crippen molar-refractivity contribution < 1.29 is 14.3 Å². The van der Waals surface area contributed by atoms with Gasteiger partial charge in [0, 0.05) is 29.7 Å². The Labute approximate surface area is 196 Å². The van der Waals surface area contributed by atoms with Crippen LogP contribution >= 0.6 is 0 Å². The minimum Gasteiger partial charge on any atom is -0.494 e. The van der Waals surface area contributed by atoms with Crippen LogP contribution in [0.1, 0.15) is 63.4 Å². The summed E-state index contributed by atoms with van der Waals surface area (Å²) in [6, 6.07) is 6.94. The van der Waals surface area contributed by atoms with E-state index < -0.39 is 0 Å². The molecule has 3 aliphatic rings. The lowest BCUT2D eigenvalue weighted by Crippen LogP contribution is -2.32. The van der Waals surface area contributed by atoms with Gasteiger partial charge in [0.1, 0.15) is 5.75 Å². The van der Waals surface area contributed by atoms with Crippen LogP contribution in [0.4, 0.5) is 0 Å². The molecule has 178 valence electrons. The van der Waals surface area contributed by atoms with Gasteiger partial charge in [-0.15, -0.1) is 0 Å². The van der Waals surface area contributed by atoms with Crippen LogP contribution in [0.5, 0.6) is 5.75 Å². The van der Waals surface area contributed by atoms with Crippen LogP contribution < -0.4 is 4.74 Å². The molecule has 1 aromatic carbocycles. The molecule has 1 aromatic heterocycles. The number of ether oxygens (including phenoxy) is 1. The molecular weight excluding hydrogens is 414 g/mol. The van der Waals surface area contributed by atoms with Crippen LogP contribution in [0.15, 0.2) is 24.4 Å². The fraction of sp³-hybridized carbons (Fsp3) is 0.630. The maximum Gasteiger partial charge on any atom is 0.233 e. The molecule has 33 heavy (non-hydrogen) atoms. The first kappa shape index (κ1) is 22.5. The lowest BCUT2D eigenvalue weighted by molar-refractivity contribution is -0.139. The van der Waals surface area contributed by atoms with E-state index in [1.165, 1.54) is 35.9 Å². The highest BCUT2D eigenvalue weighted by Crippen LogP contribution is 2.38. The maximum absolute atomic E-state index is 12.6. The fourth-order valence-electron chi connectivity index (χ4n) is 6.10.